The van der Waals surface area contributed by atoms with E-state index < -0.39 is 11.7 Å². The zero-order valence-corrected chi connectivity index (χ0v) is 15.0. The summed E-state index contributed by atoms with van der Waals surface area (Å²) in [5.41, 5.74) is 0.791. The Morgan fingerprint density at radius 1 is 1.19 bits per heavy atom. The lowest BCUT2D eigenvalue weighted by molar-refractivity contribution is 0.0636. The van der Waals surface area contributed by atoms with Gasteiger partial charge in [0.15, 0.2) is 11.4 Å². The van der Waals surface area contributed by atoms with Gasteiger partial charge in [0.1, 0.15) is 16.9 Å². The lowest BCUT2D eigenvalue weighted by Gasteiger charge is -2.19. The molecule has 1 aromatic carbocycles. The SMILES string of the molecule is Cn1c(=O)[nH]c2nccc(Oc3ccc(NC(=O)OC(C)(C)C)cc3)c21. The summed E-state index contributed by atoms with van der Waals surface area (Å²) < 4.78 is 12.5. The molecule has 2 aromatic heterocycles. The molecule has 0 atom stereocenters. The zero-order chi connectivity index (χ0) is 18.9. The van der Waals surface area contributed by atoms with Crippen LogP contribution in [0.15, 0.2) is 41.3 Å². The van der Waals surface area contributed by atoms with Crippen molar-refractivity contribution in [3.63, 3.8) is 0 Å². The number of rotatable bonds is 3. The fourth-order valence-electron chi connectivity index (χ4n) is 2.38. The van der Waals surface area contributed by atoms with E-state index >= 15 is 0 Å². The fraction of sp³-hybridized carbons (Fsp3) is 0.278. The van der Waals surface area contributed by atoms with Crippen molar-refractivity contribution in [3.8, 4) is 11.5 Å². The number of imidazole rings is 1. The van der Waals surface area contributed by atoms with Gasteiger partial charge < -0.3 is 9.47 Å². The minimum absolute atomic E-state index is 0.263. The number of hydrogen-bond donors (Lipinski definition) is 2. The second kappa shape index (κ2) is 6.55. The second-order valence-corrected chi connectivity index (χ2v) is 6.75. The summed E-state index contributed by atoms with van der Waals surface area (Å²) >= 11 is 0. The number of carbonyl (C=O) groups excluding carboxylic acids is 1. The number of anilines is 1. The molecule has 0 spiro atoms. The third kappa shape index (κ3) is 3.85. The molecule has 0 bridgehead atoms. The van der Waals surface area contributed by atoms with E-state index in [2.05, 4.69) is 15.3 Å². The molecule has 0 radical (unpaired) electrons. The van der Waals surface area contributed by atoms with Crippen molar-refractivity contribution < 1.29 is 14.3 Å². The summed E-state index contributed by atoms with van der Waals surface area (Å²) in [6.07, 6.45) is 1.04. The molecular formula is C18H20N4O4. The molecular weight excluding hydrogens is 336 g/mol. The predicted molar refractivity (Wildman–Crippen MR) is 97.7 cm³/mol. The molecule has 136 valence electrons. The van der Waals surface area contributed by atoms with Crippen LogP contribution in [0.5, 0.6) is 11.5 Å². The van der Waals surface area contributed by atoms with E-state index in [0.29, 0.717) is 28.4 Å². The number of ether oxygens (including phenoxy) is 2. The molecule has 2 heterocycles. The number of pyridine rings is 1. The lowest BCUT2D eigenvalue weighted by Crippen LogP contribution is -2.27. The third-order valence-corrected chi connectivity index (χ3v) is 3.48. The number of nitrogens with one attached hydrogen (secondary N) is 2. The van der Waals surface area contributed by atoms with Gasteiger partial charge in [-0.3, -0.25) is 14.9 Å². The van der Waals surface area contributed by atoms with Gasteiger partial charge in [-0.2, -0.15) is 0 Å². The number of fused-ring (bicyclic) bond motifs is 1. The first-order valence-corrected chi connectivity index (χ1v) is 8.04. The van der Waals surface area contributed by atoms with Crippen molar-refractivity contribution in [3.05, 3.63) is 47.0 Å². The summed E-state index contributed by atoms with van der Waals surface area (Å²) in [6.45, 7) is 5.40. The topological polar surface area (TPSA) is 98.2 Å². The van der Waals surface area contributed by atoms with Crippen LogP contribution in [0.1, 0.15) is 20.8 Å². The first kappa shape index (κ1) is 17.5. The average Bonchev–Trinajstić information content (AvgIpc) is 2.83. The maximum Gasteiger partial charge on any atom is 0.412 e. The Kier molecular flexibility index (Phi) is 4.41. The Morgan fingerprint density at radius 2 is 1.88 bits per heavy atom. The third-order valence-electron chi connectivity index (χ3n) is 3.48. The van der Waals surface area contributed by atoms with E-state index in [1.54, 1.807) is 64.3 Å². The monoisotopic (exact) mass is 356 g/mol. The number of amides is 1. The highest BCUT2D eigenvalue weighted by molar-refractivity contribution is 5.85. The minimum Gasteiger partial charge on any atom is -0.455 e. The highest BCUT2D eigenvalue weighted by Gasteiger charge is 2.16. The maximum atomic E-state index is 11.8. The summed E-state index contributed by atoms with van der Waals surface area (Å²) in [5.74, 6) is 1.06. The van der Waals surface area contributed by atoms with Crippen LogP contribution in [-0.2, 0) is 11.8 Å². The van der Waals surface area contributed by atoms with Crippen molar-refractivity contribution in [1.82, 2.24) is 14.5 Å². The van der Waals surface area contributed by atoms with Gasteiger partial charge in [-0.1, -0.05) is 0 Å². The van der Waals surface area contributed by atoms with Crippen molar-refractivity contribution >= 4 is 22.9 Å². The Bertz CT molecular complexity index is 997. The van der Waals surface area contributed by atoms with Crippen molar-refractivity contribution in [2.24, 2.45) is 7.05 Å². The van der Waals surface area contributed by atoms with Gasteiger partial charge in [0.2, 0.25) is 0 Å². The molecule has 26 heavy (non-hydrogen) atoms. The molecule has 8 heteroatoms. The van der Waals surface area contributed by atoms with E-state index in [1.807, 2.05) is 0 Å². The molecule has 0 fully saturated rings. The molecule has 0 saturated heterocycles. The number of aromatic amines is 1. The van der Waals surface area contributed by atoms with E-state index in [-0.39, 0.29) is 5.69 Å². The van der Waals surface area contributed by atoms with Crippen LogP contribution in [0.3, 0.4) is 0 Å². The normalized spacial score (nSPS) is 11.4. The second-order valence-electron chi connectivity index (χ2n) is 6.75. The molecule has 3 rings (SSSR count). The van der Waals surface area contributed by atoms with Crippen LogP contribution in [0.25, 0.3) is 11.2 Å². The molecule has 0 aliphatic heterocycles. The van der Waals surface area contributed by atoms with Gasteiger partial charge in [-0.25, -0.2) is 14.6 Å². The van der Waals surface area contributed by atoms with Crippen LogP contribution in [0, 0.1) is 0 Å². The number of hydrogen-bond acceptors (Lipinski definition) is 5. The number of nitrogens with zero attached hydrogens (tertiary/aromatic N) is 2. The van der Waals surface area contributed by atoms with Gasteiger partial charge in [0, 0.05) is 25.0 Å². The quantitative estimate of drug-likeness (QED) is 0.749. The first-order valence-electron chi connectivity index (χ1n) is 8.04. The van der Waals surface area contributed by atoms with Crippen molar-refractivity contribution in [2.45, 2.75) is 26.4 Å². The average molecular weight is 356 g/mol. The number of carbonyl (C=O) groups is 1. The van der Waals surface area contributed by atoms with E-state index in [4.69, 9.17) is 9.47 Å². The zero-order valence-electron chi connectivity index (χ0n) is 15.0. The van der Waals surface area contributed by atoms with Crippen molar-refractivity contribution in [2.75, 3.05) is 5.32 Å². The smallest absolute Gasteiger partial charge is 0.412 e. The molecule has 1 amide bonds. The van der Waals surface area contributed by atoms with Gasteiger partial charge >= 0.3 is 11.8 Å². The van der Waals surface area contributed by atoms with Crippen LogP contribution in [0.4, 0.5) is 10.5 Å². The summed E-state index contributed by atoms with van der Waals surface area (Å²) in [7, 11) is 1.64. The van der Waals surface area contributed by atoms with E-state index in [9.17, 15) is 9.59 Å². The summed E-state index contributed by atoms with van der Waals surface area (Å²) in [4.78, 5) is 30.3. The Morgan fingerprint density at radius 3 is 2.54 bits per heavy atom. The molecule has 0 unspecified atom stereocenters. The molecule has 0 aliphatic rings. The Balaban J connectivity index is 1.76. The number of benzene rings is 1. The van der Waals surface area contributed by atoms with Gasteiger partial charge in [-0.15, -0.1) is 0 Å². The lowest BCUT2D eigenvalue weighted by atomic mass is 10.2. The first-order chi connectivity index (χ1) is 12.2. The van der Waals surface area contributed by atoms with Gasteiger partial charge in [-0.05, 0) is 45.0 Å². The number of aromatic nitrogens is 3. The Hall–Kier alpha value is -3.29. The maximum absolute atomic E-state index is 11.8. The van der Waals surface area contributed by atoms with Crippen LogP contribution in [0.2, 0.25) is 0 Å². The number of H-pyrrole nitrogens is 1. The predicted octanol–water partition coefficient (Wildman–Crippen LogP) is 3.40. The van der Waals surface area contributed by atoms with E-state index in [1.165, 1.54) is 4.57 Å². The molecule has 0 aliphatic carbocycles. The molecule has 0 saturated carbocycles. The van der Waals surface area contributed by atoms with Gasteiger partial charge in [0.25, 0.3) is 0 Å². The van der Waals surface area contributed by atoms with Gasteiger partial charge in [0.05, 0.1) is 0 Å². The highest BCUT2D eigenvalue weighted by atomic mass is 16.6. The molecule has 2 N–H and O–H groups in total. The standard InChI is InChI=1S/C18H20N4O4/c1-18(2,3)26-17(24)20-11-5-7-12(8-6-11)25-13-9-10-19-15-14(13)22(4)16(23)21-15/h5-10H,1-4H3,(H,20,24)(H,19,21,23). The molecule has 3 aromatic rings. The van der Waals surface area contributed by atoms with E-state index in [0.717, 1.165) is 0 Å². The van der Waals surface area contributed by atoms with Crippen LogP contribution < -0.4 is 15.7 Å². The van der Waals surface area contributed by atoms with Crippen LogP contribution in [-0.4, -0.2) is 26.2 Å². The van der Waals surface area contributed by atoms with Crippen molar-refractivity contribution in [1.29, 1.82) is 0 Å². The largest absolute Gasteiger partial charge is 0.455 e. The highest BCUT2D eigenvalue weighted by Crippen LogP contribution is 2.28. The summed E-state index contributed by atoms with van der Waals surface area (Å²) in [5, 5.41) is 2.65. The summed E-state index contributed by atoms with van der Waals surface area (Å²) in [6, 6.07) is 8.51. The Labute approximate surface area is 149 Å². The number of aryl methyl sites for hydroxylation is 1. The minimum atomic E-state index is -0.563. The van der Waals surface area contributed by atoms with Crippen LogP contribution >= 0.6 is 0 Å². The molecule has 8 nitrogen and oxygen atoms in total. The fourth-order valence-corrected chi connectivity index (χ4v) is 2.38.